The molecule has 6 nitrogen and oxygen atoms in total. The Bertz CT molecular complexity index is 441. The first-order valence-electron chi connectivity index (χ1n) is 5.92. The monoisotopic (exact) mass is 254 g/mol. The average Bonchev–Trinajstić information content (AvgIpc) is 2.72. The van der Waals surface area contributed by atoms with Gasteiger partial charge in [-0.3, -0.25) is 4.79 Å². The van der Waals surface area contributed by atoms with Crippen molar-refractivity contribution in [3.05, 3.63) is 17.5 Å². The molecule has 6 heteroatoms. The third-order valence-corrected chi connectivity index (χ3v) is 2.91. The maximum Gasteiger partial charge on any atom is 0.292 e. The molecule has 2 heterocycles. The Morgan fingerprint density at radius 2 is 2.39 bits per heavy atom. The molecule has 0 spiro atoms. The highest BCUT2D eigenvalue weighted by Gasteiger charge is 2.36. The number of aliphatic hydroxyl groups is 1. The fourth-order valence-electron chi connectivity index (χ4n) is 2.19. The van der Waals surface area contributed by atoms with Crippen molar-refractivity contribution in [2.45, 2.75) is 32.5 Å². The van der Waals surface area contributed by atoms with Crippen LogP contribution in [0.5, 0.6) is 0 Å². The van der Waals surface area contributed by atoms with Gasteiger partial charge >= 0.3 is 0 Å². The molecule has 100 valence electrons. The van der Waals surface area contributed by atoms with Crippen LogP contribution in [0.4, 0.5) is 0 Å². The highest BCUT2D eigenvalue weighted by Crippen LogP contribution is 2.23. The third-order valence-electron chi connectivity index (χ3n) is 2.91. The number of carbonyl (C=O) groups excluding carboxylic acids is 1. The van der Waals surface area contributed by atoms with E-state index in [0.717, 1.165) is 0 Å². The van der Waals surface area contributed by atoms with Gasteiger partial charge in [-0.25, -0.2) is 0 Å². The van der Waals surface area contributed by atoms with Crippen molar-refractivity contribution in [2.24, 2.45) is 0 Å². The topological polar surface area (TPSA) is 75.8 Å². The Kier molecular flexibility index (Phi) is 3.41. The molecule has 1 amide bonds. The molecule has 1 aliphatic rings. The molecule has 1 saturated heterocycles. The van der Waals surface area contributed by atoms with Crippen LogP contribution in [0.3, 0.4) is 0 Å². The zero-order valence-corrected chi connectivity index (χ0v) is 10.8. The van der Waals surface area contributed by atoms with Crippen LogP contribution in [-0.2, 0) is 4.74 Å². The van der Waals surface area contributed by atoms with E-state index in [9.17, 15) is 9.90 Å². The molecule has 1 atom stereocenters. The molecule has 18 heavy (non-hydrogen) atoms. The molecular formula is C12H18N2O4. The van der Waals surface area contributed by atoms with E-state index in [4.69, 9.17) is 9.26 Å². The molecule has 1 aromatic rings. The van der Waals surface area contributed by atoms with Crippen LogP contribution in [0.2, 0.25) is 0 Å². The van der Waals surface area contributed by atoms with Crippen molar-refractivity contribution in [1.29, 1.82) is 0 Å². The summed E-state index contributed by atoms with van der Waals surface area (Å²) in [5.74, 6) is 0.0456. The molecule has 0 saturated carbocycles. The summed E-state index contributed by atoms with van der Waals surface area (Å²) in [5, 5.41) is 12.8. The first-order chi connectivity index (χ1) is 8.43. The SMILES string of the molecule is Cc1cnoc1C(=O)N1CC(CO)OC(C)(C)C1. The third kappa shape index (κ3) is 2.54. The number of hydrogen-bond acceptors (Lipinski definition) is 5. The Morgan fingerprint density at radius 3 is 2.94 bits per heavy atom. The summed E-state index contributed by atoms with van der Waals surface area (Å²) < 4.78 is 10.6. The predicted molar refractivity (Wildman–Crippen MR) is 63.2 cm³/mol. The lowest BCUT2D eigenvalue weighted by molar-refractivity contribution is -0.139. The Morgan fingerprint density at radius 1 is 1.67 bits per heavy atom. The maximum absolute atomic E-state index is 12.3. The molecule has 0 aliphatic carbocycles. The predicted octanol–water partition coefficient (Wildman–Crippen LogP) is 0.595. The molecule has 1 aromatic heterocycles. The summed E-state index contributed by atoms with van der Waals surface area (Å²) in [7, 11) is 0. The number of ether oxygens (including phenoxy) is 1. The highest BCUT2D eigenvalue weighted by atomic mass is 16.5. The first-order valence-corrected chi connectivity index (χ1v) is 5.92. The summed E-state index contributed by atoms with van der Waals surface area (Å²) in [4.78, 5) is 13.9. The van der Waals surface area contributed by atoms with Gasteiger partial charge in [0.2, 0.25) is 5.76 Å². The summed E-state index contributed by atoms with van der Waals surface area (Å²) in [6.45, 7) is 6.27. The molecule has 0 bridgehead atoms. The lowest BCUT2D eigenvalue weighted by atomic mass is 10.0. The van der Waals surface area contributed by atoms with E-state index in [-0.39, 0.29) is 24.4 Å². The number of morpholine rings is 1. The van der Waals surface area contributed by atoms with E-state index >= 15 is 0 Å². The second-order valence-corrected chi connectivity index (χ2v) is 5.21. The molecule has 1 N–H and O–H groups in total. The van der Waals surface area contributed by atoms with Crippen LogP contribution in [-0.4, -0.2) is 52.5 Å². The van der Waals surface area contributed by atoms with E-state index in [1.54, 1.807) is 11.8 Å². The van der Waals surface area contributed by atoms with E-state index in [1.807, 2.05) is 13.8 Å². The molecule has 0 radical (unpaired) electrons. The van der Waals surface area contributed by atoms with E-state index < -0.39 is 5.60 Å². The molecular weight excluding hydrogens is 236 g/mol. The number of hydrogen-bond donors (Lipinski definition) is 1. The zero-order valence-electron chi connectivity index (χ0n) is 10.8. The summed E-state index contributed by atoms with van der Waals surface area (Å²) in [6.07, 6.45) is 1.16. The lowest BCUT2D eigenvalue weighted by Gasteiger charge is -2.41. The van der Waals surface area contributed by atoms with E-state index in [2.05, 4.69) is 5.16 Å². The van der Waals surface area contributed by atoms with Crippen molar-refractivity contribution >= 4 is 5.91 Å². The van der Waals surface area contributed by atoms with Gasteiger partial charge in [0.25, 0.3) is 5.91 Å². The largest absolute Gasteiger partial charge is 0.394 e. The van der Waals surface area contributed by atoms with Gasteiger partial charge in [0.05, 0.1) is 24.5 Å². The minimum Gasteiger partial charge on any atom is -0.394 e. The van der Waals surface area contributed by atoms with Gasteiger partial charge in [-0.1, -0.05) is 5.16 Å². The van der Waals surface area contributed by atoms with Crippen LogP contribution < -0.4 is 0 Å². The van der Waals surface area contributed by atoms with Crippen LogP contribution in [0.15, 0.2) is 10.7 Å². The number of aromatic nitrogens is 1. The van der Waals surface area contributed by atoms with Gasteiger partial charge in [0.15, 0.2) is 0 Å². The number of rotatable bonds is 2. The van der Waals surface area contributed by atoms with Gasteiger partial charge in [0, 0.05) is 18.7 Å². The average molecular weight is 254 g/mol. The van der Waals surface area contributed by atoms with Crippen molar-refractivity contribution in [1.82, 2.24) is 10.1 Å². The van der Waals surface area contributed by atoms with Crippen LogP contribution >= 0.6 is 0 Å². The Balaban J connectivity index is 2.17. The van der Waals surface area contributed by atoms with Gasteiger partial charge in [-0.15, -0.1) is 0 Å². The van der Waals surface area contributed by atoms with Gasteiger partial charge in [-0.05, 0) is 20.8 Å². The fraction of sp³-hybridized carbons (Fsp3) is 0.667. The number of carbonyl (C=O) groups is 1. The quantitative estimate of drug-likeness (QED) is 0.836. The number of amides is 1. The zero-order chi connectivity index (χ0) is 13.3. The molecule has 0 aromatic carbocycles. The van der Waals surface area contributed by atoms with Crippen molar-refractivity contribution in [3.63, 3.8) is 0 Å². The second-order valence-electron chi connectivity index (χ2n) is 5.21. The van der Waals surface area contributed by atoms with E-state index in [0.29, 0.717) is 18.7 Å². The first kappa shape index (κ1) is 13.0. The standard InChI is InChI=1S/C12H18N2O4/c1-8-4-13-18-10(8)11(16)14-5-9(6-15)17-12(2,3)7-14/h4,9,15H,5-7H2,1-3H3. The van der Waals surface area contributed by atoms with Crippen molar-refractivity contribution in [2.75, 3.05) is 19.7 Å². The van der Waals surface area contributed by atoms with Gasteiger partial charge < -0.3 is 19.3 Å². The number of aryl methyl sites for hydroxylation is 1. The van der Waals surface area contributed by atoms with Crippen LogP contribution in [0.1, 0.15) is 30.0 Å². The number of aliphatic hydroxyl groups excluding tert-OH is 1. The Labute approximate surface area is 106 Å². The van der Waals surface area contributed by atoms with Crippen LogP contribution in [0.25, 0.3) is 0 Å². The summed E-state index contributed by atoms with van der Waals surface area (Å²) in [6, 6.07) is 0. The molecule has 1 unspecified atom stereocenters. The maximum atomic E-state index is 12.3. The highest BCUT2D eigenvalue weighted by molar-refractivity contribution is 5.92. The van der Waals surface area contributed by atoms with Crippen LogP contribution in [0, 0.1) is 6.92 Å². The molecule has 2 rings (SSSR count). The summed E-state index contributed by atoms with van der Waals surface area (Å²) in [5.41, 5.74) is 0.236. The second kappa shape index (κ2) is 4.70. The lowest BCUT2D eigenvalue weighted by Crippen LogP contribution is -2.55. The minimum absolute atomic E-state index is 0.109. The summed E-state index contributed by atoms with van der Waals surface area (Å²) >= 11 is 0. The molecule has 1 aliphatic heterocycles. The van der Waals surface area contributed by atoms with E-state index in [1.165, 1.54) is 6.20 Å². The minimum atomic E-state index is -0.477. The Hall–Kier alpha value is -1.40. The normalized spacial score (nSPS) is 23.1. The number of nitrogens with zero attached hydrogens (tertiary/aromatic N) is 2. The van der Waals surface area contributed by atoms with Gasteiger partial charge in [0.1, 0.15) is 0 Å². The van der Waals surface area contributed by atoms with Crippen molar-refractivity contribution < 1.29 is 19.2 Å². The van der Waals surface area contributed by atoms with Gasteiger partial charge in [-0.2, -0.15) is 0 Å². The smallest absolute Gasteiger partial charge is 0.292 e. The fourth-order valence-corrected chi connectivity index (χ4v) is 2.19. The van der Waals surface area contributed by atoms with Crippen molar-refractivity contribution in [3.8, 4) is 0 Å². The molecule has 1 fully saturated rings.